The summed E-state index contributed by atoms with van der Waals surface area (Å²) in [5.74, 6) is -0.378. The summed E-state index contributed by atoms with van der Waals surface area (Å²) < 4.78 is 5.07. The highest BCUT2D eigenvalue weighted by atomic mass is 16.5. The van der Waals surface area contributed by atoms with Gasteiger partial charge in [-0.1, -0.05) is 132 Å². The van der Waals surface area contributed by atoms with Gasteiger partial charge in [-0.3, -0.25) is 0 Å². The normalized spacial score (nSPS) is 13.2. The van der Waals surface area contributed by atoms with Crippen molar-refractivity contribution in [3.63, 3.8) is 0 Å². The van der Waals surface area contributed by atoms with Crippen LogP contribution in [0, 0.1) is 0 Å². The summed E-state index contributed by atoms with van der Waals surface area (Å²) in [6, 6.07) is 32.4. The fourth-order valence-corrected chi connectivity index (χ4v) is 8.22. The van der Waals surface area contributed by atoms with Crippen LogP contribution in [0.15, 0.2) is 91.0 Å². The molecule has 6 nitrogen and oxygen atoms in total. The first kappa shape index (κ1) is 42.4. The van der Waals surface area contributed by atoms with E-state index in [1.54, 1.807) is 0 Å². The molecule has 2 aliphatic heterocycles. The topological polar surface area (TPSA) is 83.7 Å². The summed E-state index contributed by atoms with van der Waals surface area (Å²) in [6.07, 6.45) is 8.49. The molecule has 0 amide bonds. The average Bonchev–Trinajstić information content (AvgIpc) is 4.04. The molecule has 5 heterocycles. The van der Waals surface area contributed by atoms with Crippen molar-refractivity contribution in [2.24, 2.45) is 0 Å². The zero-order valence-corrected chi connectivity index (χ0v) is 38.7. The molecular weight excluding hydrogens is 761 g/mol. The van der Waals surface area contributed by atoms with E-state index in [1.165, 1.54) is 29.4 Å². The fraction of sp³-hybridized carbons (Fsp3) is 0.304. The zero-order chi connectivity index (χ0) is 44.5. The largest absolute Gasteiger partial charge is 0.465 e. The minimum absolute atomic E-state index is 0.0732. The zero-order valence-electron chi connectivity index (χ0n) is 38.7. The van der Waals surface area contributed by atoms with Crippen LogP contribution in [0.25, 0.3) is 79.8 Å². The van der Waals surface area contributed by atoms with Crippen LogP contribution in [-0.2, 0) is 26.4 Å². The molecule has 0 saturated carbocycles. The van der Waals surface area contributed by atoms with Gasteiger partial charge < -0.3 is 14.7 Å². The third-order valence-corrected chi connectivity index (χ3v) is 12.1. The van der Waals surface area contributed by atoms with Crippen molar-refractivity contribution in [1.29, 1.82) is 0 Å². The third kappa shape index (κ3) is 8.35. The van der Waals surface area contributed by atoms with Crippen molar-refractivity contribution in [2.75, 3.05) is 7.11 Å². The van der Waals surface area contributed by atoms with Crippen molar-refractivity contribution in [3.05, 3.63) is 142 Å². The predicted octanol–water partition coefficient (Wildman–Crippen LogP) is 14.6. The lowest BCUT2D eigenvalue weighted by molar-refractivity contribution is 0.0600. The number of carbonyl (C=O) groups is 1. The number of hydrogen-bond acceptors (Lipinski definition) is 4. The highest BCUT2D eigenvalue weighted by Crippen LogP contribution is 2.41. The summed E-state index contributed by atoms with van der Waals surface area (Å²) in [6.45, 7) is 27.3. The van der Waals surface area contributed by atoms with Crippen molar-refractivity contribution < 1.29 is 9.53 Å². The molecule has 0 spiro atoms. The monoisotopic (exact) mass is 820 g/mol. The Bertz CT molecular complexity index is 2840. The van der Waals surface area contributed by atoms with Crippen LogP contribution in [0.5, 0.6) is 0 Å². The van der Waals surface area contributed by atoms with Gasteiger partial charge in [0.2, 0.25) is 0 Å². The molecule has 8 rings (SSSR count). The number of methoxy groups -OCH3 is 1. The Morgan fingerprint density at radius 3 is 1.31 bits per heavy atom. The fourth-order valence-electron chi connectivity index (χ4n) is 8.22. The number of rotatable bonds is 4. The van der Waals surface area contributed by atoms with Gasteiger partial charge in [0.1, 0.15) is 0 Å². The summed E-state index contributed by atoms with van der Waals surface area (Å²) in [5.41, 5.74) is 18.5. The highest BCUT2D eigenvalue weighted by Gasteiger charge is 2.25. The van der Waals surface area contributed by atoms with Gasteiger partial charge in [-0.25, -0.2) is 14.8 Å². The van der Waals surface area contributed by atoms with Gasteiger partial charge in [-0.05, 0) is 127 Å². The lowest BCUT2D eigenvalue weighted by atomic mass is 9.78. The lowest BCUT2D eigenvalue weighted by Crippen LogP contribution is -2.16. The molecule has 2 N–H and O–H groups in total. The second-order valence-electron chi connectivity index (χ2n) is 21.0. The van der Waals surface area contributed by atoms with Gasteiger partial charge in [-0.15, -0.1) is 0 Å². The van der Waals surface area contributed by atoms with Crippen LogP contribution in [0.1, 0.15) is 138 Å². The van der Waals surface area contributed by atoms with Gasteiger partial charge in [0.05, 0.1) is 35.4 Å². The van der Waals surface area contributed by atoms with Crippen molar-refractivity contribution in [1.82, 2.24) is 19.9 Å². The predicted molar refractivity (Wildman–Crippen MR) is 261 cm³/mol. The van der Waals surface area contributed by atoms with E-state index < -0.39 is 0 Å². The Balaban J connectivity index is 1.52. The molecule has 8 bridgehead atoms. The van der Waals surface area contributed by atoms with Crippen molar-refractivity contribution in [3.8, 4) is 33.4 Å². The number of nitrogens with zero attached hydrogens (tertiary/aromatic N) is 2. The second-order valence-corrected chi connectivity index (χ2v) is 21.0. The van der Waals surface area contributed by atoms with E-state index in [0.717, 1.165) is 78.2 Å². The highest BCUT2D eigenvalue weighted by molar-refractivity contribution is 5.98. The quantitative estimate of drug-likeness (QED) is 0.173. The van der Waals surface area contributed by atoms with Crippen molar-refractivity contribution >= 4 is 52.3 Å². The summed E-state index contributed by atoms with van der Waals surface area (Å²) >= 11 is 0. The van der Waals surface area contributed by atoms with Gasteiger partial charge >= 0.3 is 5.97 Å². The summed E-state index contributed by atoms with van der Waals surface area (Å²) in [5, 5.41) is 0. The molecule has 0 aliphatic carbocycles. The molecule has 0 radical (unpaired) electrons. The van der Waals surface area contributed by atoms with Gasteiger partial charge in [0.25, 0.3) is 0 Å². The first-order valence-electron chi connectivity index (χ1n) is 21.7. The third-order valence-electron chi connectivity index (χ3n) is 12.1. The minimum Gasteiger partial charge on any atom is -0.465 e. The number of esters is 1. The Labute approximate surface area is 367 Å². The van der Waals surface area contributed by atoms with Crippen LogP contribution in [0.2, 0.25) is 0 Å². The number of ether oxygens (including phenoxy) is 1. The number of hydrogen-bond donors (Lipinski definition) is 2. The molecular formula is C56H60N4O2. The van der Waals surface area contributed by atoms with Crippen LogP contribution in [-0.4, -0.2) is 33.0 Å². The van der Waals surface area contributed by atoms with E-state index in [-0.39, 0.29) is 27.6 Å². The van der Waals surface area contributed by atoms with E-state index in [9.17, 15) is 4.79 Å². The molecule has 316 valence electrons. The molecule has 3 aromatic carbocycles. The maximum absolute atomic E-state index is 12.6. The Morgan fingerprint density at radius 2 is 0.855 bits per heavy atom. The molecule has 2 aliphatic rings. The number of carbonyl (C=O) groups excluding carboxylic acids is 1. The maximum atomic E-state index is 12.6. The molecule has 3 aromatic heterocycles. The lowest BCUT2D eigenvalue weighted by Gasteiger charge is -2.26. The minimum atomic E-state index is -0.378. The summed E-state index contributed by atoms with van der Waals surface area (Å²) in [4.78, 5) is 31.1. The Morgan fingerprint density at radius 1 is 0.452 bits per heavy atom. The molecule has 0 unspecified atom stereocenters. The van der Waals surface area contributed by atoms with E-state index in [1.807, 2.05) is 24.3 Å². The Kier molecular flexibility index (Phi) is 10.4. The van der Waals surface area contributed by atoms with E-state index in [4.69, 9.17) is 14.7 Å². The number of aromatic amines is 2. The van der Waals surface area contributed by atoms with Gasteiger partial charge in [0, 0.05) is 38.8 Å². The van der Waals surface area contributed by atoms with E-state index in [2.05, 4.69) is 184 Å². The van der Waals surface area contributed by atoms with Crippen LogP contribution in [0.3, 0.4) is 0 Å². The number of aromatic nitrogens is 4. The molecule has 6 aromatic rings. The van der Waals surface area contributed by atoms with Gasteiger partial charge in [-0.2, -0.15) is 0 Å². The second kappa shape index (κ2) is 15.3. The Hall–Kier alpha value is -6.27. The van der Waals surface area contributed by atoms with Crippen molar-refractivity contribution in [2.45, 2.75) is 105 Å². The number of nitrogens with one attached hydrogen (secondary N) is 2. The first-order valence-corrected chi connectivity index (χ1v) is 21.7. The van der Waals surface area contributed by atoms with E-state index >= 15 is 0 Å². The maximum Gasteiger partial charge on any atom is 0.337 e. The van der Waals surface area contributed by atoms with E-state index in [0.29, 0.717) is 5.56 Å². The molecule has 0 atom stereocenters. The molecule has 62 heavy (non-hydrogen) atoms. The average molecular weight is 821 g/mol. The SMILES string of the molecule is COC(=O)c1ccc(-c2c3nc(c(-c4cc(C(C)(C)C)cc(C(C)(C)C)c4)c4ccc(cc5nc(c(-c6cc(C(C)(C)C)cc(C(C)(C)C)c6)c6ccc2[nH]6)C=C5)[nH]4)C=C3)cc1. The van der Waals surface area contributed by atoms with Crippen LogP contribution < -0.4 is 0 Å². The molecule has 0 saturated heterocycles. The van der Waals surface area contributed by atoms with Crippen LogP contribution in [0.4, 0.5) is 0 Å². The van der Waals surface area contributed by atoms with Gasteiger partial charge in [0.15, 0.2) is 0 Å². The number of fused-ring (bicyclic) bond motifs is 8. The smallest absolute Gasteiger partial charge is 0.337 e. The first-order chi connectivity index (χ1) is 29.1. The number of H-pyrrole nitrogens is 2. The standard InChI is InChI=1S/C56H60N4O2/c1-53(2,3)37-26-35(27-38(30-37)54(4,5)6)50-43-20-18-41(57-43)32-42-19-21-44(58-42)51(36-28-39(55(7,8)9)31-40(29-36)56(10,11)12)48-25-23-46(60-48)49(45-22-24-47(50)59-45)33-14-16-34(17-15-33)52(61)62-13/h14-32,57,60H,1-13H3. The number of benzene rings is 3. The van der Waals surface area contributed by atoms with Crippen LogP contribution >= 0.6 is 0 Å². The summed E-state index contributed by atoms with van der Waals surface area (Å²) in [7, 11) is 1.41. The molecule has 0 fully saturated rings. The molecule has 6 heteroatoms.